The van der Waals surface area contributed by atoms with E-state index in [2.05, 4.69) is 5.32 Å². The summed E-state index contributed by atoms with van der Waals surface area (Å²) in [5, 5.41) is 2.54. The summed E-state index contributed by atoms with van der Waals surface area (Å²) in [6.07, 6.45) is 2.21. The van der Waals surface area contributed by atoms with Crippen LogP contribution in [-0.4, -0.2) is 37.5 Å². The van der Waals surface area contributed by atoms with Crippen LogP contribution in [0.2, 0.25) is 0 Å². The Balaban J connectivity index is 2.12. The van der Waals surface area contributed by atoms with Gasteiger partial charge in [0.1, 0.15) is 11.9 Å². The number of hydrogen-bond acceptors (Lipinski definition) is 3. The van der Waals surface area contributed by atoms with Crippen molar-refractivity contribution in [1.29, 1.82) is 0 Å². The SMILES string of the molecule is CS(=O)(=O)N1CCC[C@@H]1C(=O)Nc1cccc(F)c1. The van der Waals surface area contributed by atoms with E-state index in [4.69, 9.17) is 0 Å². The number of halogens is 1. The first-order chi connectivity index (χ1) is 8.88. The molecule has 0 aliphatic carbocycles. The van der Waals surface area contributed by atoms with E-state index in [0.717, 1.165) is 6.26 Å². The zero-order valence-electron chi connectivity index (χ0n) is 10.5. The normalized spacial score (nSPS) is 20.4. The van der Waals surface area contributed by atoms with E-state index in [1.807, 2.05) is 0 Å². The van der Waals surface area contributed by atoms with E-state index >= 15 is 0 Å². The Kier molecular flexibility index (Phi) is 3.86. The number of benzene rings is 1. The maximum atomic E-state index is 13.0. The summed E-state index contributed by atoms with van der Waals surface area (Å²) >= 11 is 0. The van der Waals surface area contributed by atoms with E-state index < -0.39 is 27.8 Å². The third-order valence-corrected chi connectivity index (χ3v) is 4.31. The molecule has 1 aromatic rings. The Morgan fingerprint density at radius 2 is 2.21 bits per heavy atom. The first kappa shape index (κ1) is 14.0. The van der Waals surface area contributed by atoms with Crippen molar-refractivity contribution in [2.75, 3.05) is 18.1 Å². The van der Waals surface area contributed by atoms with Crippen LogP contribution >= 0.6 is 0 Å². The van der Waals surface area contributed by atoms with Crippen LogP contribution in [-0.2, 0) is 14.8 Å². The molecule has 104 valence electrons. The second kappa shape index (κ2) is 5.26. The molecule has 0 aromatic heterocycles. The lowest BCUT2D eigenvalue weighted by Crippen LogP contribution is -2.42. The van der Waals surface area contributed by atoms with Crippen molar-refractivity contribution in [3.8, 4) is 0 Å². The molecular weight excluding hydrogens is 271 g/mol. The third kappa shape index (κ3) is 3.30. The van der Waals surface area contributed by atoms with Crippen LogP contribution in [0.25, 0.3) is 0 Å². The minimum atomic E-state index is -3.40. The Bertz CT molecular complexity index is 588. The van der Waals surface area contributed by atoms with Gasteiger partial charge in [0.25, 0.3) is 0 Å². The molecule has 1 aliphatic heterocycles. The number of sulfonamides is 1. The molecule has 1 amide bonds. The average molecular weight is 286 g/mol. The number of hydrogen-bond donors (Lipinski definition) is 1. The van der Waals surface area contributed by atoms with Crippen molar-refractivity contribution in [3.05, 3.63) is 30.1 Å². The maximum absolute atomic E-state index is 13.0. The summed E-state index contributed by atoms with van der Waals surface area (Å²) < 4.78 is 37.3. The molecule has 7 heteroatoms. The highest BCUT2D eigenvalue weighted by atomic mass is 32.2. The van der Waals surface area contributed by atoms with Crippen molar-refractivity contribution >= 4 is 21.6 Å². The molecule has 0 spiro atoms. The van der Waals surface area contributed by atoms with Gasteiger partial charge in [-0.3, -0.25) is 4.79 Å². The molecule has 1 heterocycles. The standard InChI is InChI=1S/C12H15FN2O3S/c1-19(17,18)15-7-3-6-11(15)12(16)14-10-5-2-4-9(13)8-10/h2,4-5,8,11H,3,6-7H2,1H3,(H,14,16)/t11-/m1/s1. The Morgan fingerprint density at radius 1 is 1.47 bits per heavy atom. The summed E-state index contributed by atoms with van der Waals surface area (Å²) in [7, 11) is -3.40. The molecule has 0 unspecified atom stereocenters. The highest BCUT2D eigenvalue weighted by Gasteiger charge is 2.36. The van der Waals surface area contributed by atoms with Crippen LogP contribution in [0.5, 0.6) is 0 Å². The molecule has 1 aliphatic rings. The van der Waals surface area contributed by atoms with Gasteiger partial charge in [0.05, 0.1) is 6.26 Å². The van der Waals surface area contributed by atoms with Crippen molar-refractivity contribution < 1.29 is 17.6 Å². The second-order valence-electron chi connectivity index (χ2n) is 4.53. The lowest BCUT2D eigenvalue weighted by Gasteiger charge is -2.21. The van der Waals surface area contributed by atoms with Crippen LogP contribution in [0.3, 0.4) is 0 Å². The highest BCUT2D eigenvalue weighted by Crippen LogP contribution is 2.22. The Morgan fingerprint density at radius 3 is 2.84 bits per heavy atom. The Hall–Kier alpha value is -1.47. The van der Waals surface area contributed by atoms with Crippen molar-refractivity contribution in [1.82, 2.24) is 4.31 Å². The van der Waals surface area contributed by atoms with Crippen molar-refractivity contribution in [2.45, 2.75) is 18.9 Å². The first-order valence-electron chi connectivity index (χ1n) is 5.91. The van der Waals surface area contributed by atoms with Crippen LogP contribution < -0.4 is 5.32 Å². The monoisotopic (exact) mass is 286 g/mol. The fourth-order valence-corrected chi connectivity index (χ4v) is 3.32. The minimum absolute atomic E-state index is 0.324. The summed E-state index contributed by atoms with van der Waals surface area (Å²) in [6.45, 7) is 0.347. The smallest absolute Gasteiger partial charge is 0.242 e. The molecular formula is C12H15FN2O3S. The lowest BCUT2D eigenvalue weighted by atomic mass is 10.2. The number of carbonyl (C=O) groups is 1. The molecule has 1 atom stereocenters. The van der Waals surface area contributed by atoms with E-state index in [0.29, 0.717) is 25.1 Å². The van der Waals surface area contributed by atoms with Gasteiger partial charge in [-0.05, 0) is 31.0 Å². The van der Waals surface area contributed by atoms with Crippen LogP contribution in [0.15, 0.2) is 24.3 Å². The van der Waals surface area contributed by atoms with Gasteiger partial charge in [-0.15, -0.1) is 0 Å². The van der Waals surface area contributed by atoms with E-state index in [-0.39, 0.29) is 0 Å². The summed E-state index contributed by atoms with van der Waals surface area (Å²) in [5.74, 6) is -0.877. The Labute approximate surface area is 111 Å². The second-order valence-corrected chi connectivity index (χ2v) is 6.47. The summed E-state index contributed by atoms with van der Waals surface area (Å²) in [6, 6.07) is 4.79. The van der Waals surface area contributed by atoms with Gasteiger partial charge in [0.15, 0.2) is 0 Å². The van der Waals surface area contributed by atoms with Gasteiger partial charge >= 0.3 is 0 Å². The fraction of sp³-hybridized carbons (Fsp3) is 0.417. The minimum Gasteiger partial charge on any atom is -0.325 e. The van der Waals surface area contributed by atoms with Gasteiger partial charge in [-0.1, -0.05) is 6.07 Å². The number of nitrogens with one attached hydrogen (secondary N) is 1. The maximum Gasteiger partial charge on any atom is 0.242 e. The molecule has 1 N–H and O–H groups in total. The van der Waals surface area contributed by atoms with Gasteiger partial charge in [0, 0.05) is 12.2 Å². The predicted molar refractivity (Wildman–Crippen MR) is 69.6 cm³/mol. The largest absolute Gasteiger partial charge is 0.325 e. The third-order valence-electron chi connectivity index (χ3n) is 3.02. The zero-order valence-corrected chi connectivity index (χ0v) is 11.3. The van der Waals surface area contributed by atoms with Gasteiger partial charge in [-0.2, -0.15) is 4.31 Å². The van der Waals surface area contributed by atoms with Gasteiger partial charge in [0.2, 0.25) is 15.9 Å². The van der Waals surface area contributed by atoms with Crippen LogP contribution in [0.4, 0.5) is 10.1 Å². The molecule has 1 aromatic carbocycles. The molecule has 1 fully saturated rings. The lowest BCUT2D eigenvalue weighted by molar-refractivity contribution is -0.119. The fourth-order valence-electron chi connectivity index (χ4n) is 2.19. The quantitative estimate of drug-likeness (QED) is 0.907. The van der Waals surface area contributed by atoms with Gasteiger partial charge in [-0.25, -0.2) is 12.8 Å². The number of amides is 1. The molecule has 1 saturated heterocycles. The van der Waals surface area contributed by atoms with Crippen LogP contribution in [0, 0.1) is 5.82 Å². The summed E-state index contributed by atoms with van der Waals surface area (Å²) in [4.78, 5) is 12.0. The molecule has 5 nitrogen and oxygen atoms in total. The highest BCUT2D eigenvalue weighted by molar-refractivity contribution is 7.88. The molecule has 0 bridgehead atoms. The van der Waals surface area contributed by atoms with Crippen molar-refractivity contribution in [3.63, 3.8) is 0 Å². The number of nitrogens with zero attached hydrogens (tertiary/aromatic N) is 1. The van der Waals surface area contributed by atoms with Crippen molar-refractivity contribution in [2.24, 2.45) is 0 Å². The average Bonchev–Trinajstić information content (AvgIpc) is 2.77. The number of rotatable bonds is 3. The predicted octanol–water partition coefficient (Wildman–Crippen LogP) is 1.19. The van der Waals surface area contributed by atoms with E-state index in [1.165, 1.54) is 22.5 Å². The van der Waals surface area contributed by atoms with E-state index in [9.17, 15) is 17.6 Å². The molecule has 2 rings (SSSR count). The molecule has 19 heavy (non-hydrogen) atoms. The first-order valence-corrected chi connectivity index (χ1v) is 7.76. The van der Waals surface area contributed by atoms with Gasteiger partial charge < -0.3 is 5.32 Å². The number of anilines is 1. The van der Waals surface area contributed by atoms with E-state index in [1.54, 1.807) is 6.07 Å². The van der Waals surface area contributed by atoms with Crippen LogP contribution in [0.1, 0.15) is 12.8 Å². The topological polar surface area (TPSA) is 66.5 Å². The molecule has 0 radical (unpaired) electrons. The summed E-state index contributed by atoms with van der Waals surface area (Å²) in [5.41, 5.74) is 0.324. The zero-order chi connectivity index (χ0) is 14.0. The number of carbonyl (C=O) groups excluding carboxylic acids is 1. The molecule has 0 saturated carbocycles.